The Balaban J connectivity index is 1.94. The predicted octanol–water partition coefficient (Wildman–Crippen LogP) is 2.94. The molecule has 2 amide bonds. The molecule has 0 radical (unpaired) electrons. The van der Waals surface area contributed by atoms with E-state index in [1.807, 2.05) is 32.0 Å². The van der Waals surface area contributed by atoms with Crippen molar-refractivity contribution in [3.8, 4) is 0 Å². The molecule has 4 nitrogen and oxygen atoms in total. The quantitative estimate of drug-likeness (QED) is 0.822. The molecule has 0 spiro atoms. The standard InChI is InChI=1S/C17H24N2O2/c1-11-8-9-15(13(3)10-11)19-17(21)16(20)18-14-7-5-4-6-12(14)2/h8-10,12,14H,4-7H2,1-3H3,(H,18,20)(H,19,21)/t12-,14+/m0/s1. The fraction of sp³-hybridized carbons (Fsp3) is 0.529. The number of nitrogens with one attached hydrogen (secondary N) is 2. The highest BCUT2D eigenvalue weighted by atomic mass is 16.2. The SMILES string of the molecule is Cc1ccc(NC(=O)C(=O)N[C@@H]2CCCC[C@@H]2C)c(C)c1. The van der Waals surface area contributed by atoms with Crippen LogP contribution in [-0.2, 0) is 9.59 Å². The van der Waals surface area contributed by atoms with Crippen LogP contribution >= 0.6 is 0 Å². The van der Waals surface area contributed by atoms with Crippen molar-refractivity contribution in [1.29, 1.82) is 0 Å². The van der Waals surface area contributed by atoms with Gasteiger partial charge < -0.3 is 10.6 Å². The van der Waals surface area contributed by atoms with Crippen molar-refractivity contribution < 1.29 is 9.59 Å². The summed E-state index contributed by atoms with van der Waals surface area (Å²) in [5.41, 5.74) is 2.78. The van der Waals surface area contributed by atoms with Gasteiger partial charge in [-0.15, -0.1) is 0 Å². The second kappa shape index (κ2) is 6.74. The highest BCUT2D eigenvalue weighted by Crippen LogP contribution is 2.23. The summed E-state index contributed by atoms with van der Waals surface area (Å²) < 4.78 is 0. The first kappa shape index (κ1) is 15.5. The molecule has 2 atom stereocenters. The molecule has 4 heteroatoms. The Labute approximate surface area is 126 Å². The maximum absolute atomic E-state index is 12.0. The van der Waals surface area contributed by atoms with Gasteiger partial charge in [-0.05, 0) is 44.2 Å². The van der Waals surface area contributed by atoms with E-state index < -0.39 is 11.8 Å². The number of amides is 2. The number of carbonyl (C=O) groups excluding carboxylic acids is 2. The van der Waals surface area contributed by atoms with Gasteiger partial charge in [0.15, 0.2) is 0 Å². The summed E-state index contributed by atoms with van der Waals surface area (Å²) in [6.45, 7) is 6.05. The van der Waals surface area contributed by atoms with Crippen LogP contribution in [0, 0.1) is 19.8 Å². The molecule has 0 aliphatic heterocycles. The summed E-state index contributed by atoms with van der Waals surface area (Å²) in [7, 11) is 0. The molecule has 114 valence electrons. The third kappa shape index (κ3) is 4.06. The fourth-order valence-corrected chi connectivity index (χ4v) is 2.90. The summed E-state index contributed by atoms with van der Waals surface area (Å²) in [6.07, 6.45) is 4.41. The summed E-state index contributed by atoms with van der Waals surface area (Å²) in [5, 5.41) is 5.56. The first-order chi connectivity index (χ1) is 9.97. The molecular weight excluding hydrogens is 264 g/mol. The lowest BCUT2D eigenvalue weighted by molar-refractivity contribution is -0.137. The van der Waals surface area contributed by atoms with Crippen LogP contribution in [-0.4, -0.2) is 17.9 Å². The van der Waals surface area contributed by atoms with Crippen LogP contribution < -0.4 is 10.6 Å². The largest absolute Gasteiger partial charge is 0.345 e. The highest BCUT2D eigenvalue weighted by molar-refractivity contribution is 6.39. The molecule has 0 unspecified atom stereocenters. The lowest BCUT2D eigenvalue weighted by Crippen LogP contribution is -2.45. The fourth-order valence-electron chi connectivity index (χ4n) is 2.90. The number of rotatable bonds is 2. The van der Waals surface area contributed by atoms with Crippen molar-refractivity contribution >= 4 is 17.5 Å². The van der Waals surface area contributed by atoms with Crippen LogP contribution in [0.15, 0.2) is 18.2 Å². The average molecular weight is 288 g/mol. The van der Waals surface area contributed by atoms with E-state index in [0.29, 0.717) is 11.6 Å². The maximum atomic E-state index is 12.0. The molecule has 0 saturated heterocycles. The average Bonchev–Trinajstić information content (AvgIpc) is 2.44. The molecule has 21 heavy (non-hydrogen) atoms. The number of hydrogen-bond acceptors (Lipinski definition) is 2. The van der Waals surface area contributed by atoms with Crippen LogP contribution in [0.4, 0.5) is 5.69 Å². The number of anilines is 1. The highest BCUT2D eigenvalue weighted by Gasteiger charge is 2.25. The molecular formula is C17H24N2O2. The minimum Gasteiger partial charge on any atom is -0.345 e. The zero-order valence-corrected chi connectivity index (χ0v) is 13.0. The molecule has 2 N–H and O–H groups in total. The van der Waals surface area contributed by atoms with E-state index in [0.717, 1.165) is 30.4 Å². The van der Waals surface area contributed by atoms with Crippen molar-refractivity contribution in [2.45, 2.75) is 52.5 Å². The van der Waals surface area contributed by atoms with Crippen LogP contribution in [0.5, 0.6) is 0 Å². The van der Waals surface area contributed by atoms with E-state index in [-0.39, 0.29) is 6.04 Å². The molecule has 1 aliphatic carbocycles. The first-order valence-corrected chi connectivity index (χ1v) is 7.66. The Hall–Kier alpha value is -1.84. The van der Waals surface area contributed by atoms with Crippen molar-refractivity contribution in [2.75, 3.05) is 5.32 Å². The zero-order valence-electron chi connectivity index (χ0n) is 13.0. The third-order valence-electron chi connectivity index (χ3n) is 4.26. The van der Waals surface area contributed by atoms with Gasteiger partial charge in [0, 0.05) is 11.7 Å². The Morgan fingerprint density at radius 2 is 1.81 bits per heavy atom. The number of aryl methyl sites for hydroxylation is 2. The van der Waals surface area contributed by atoms with Crippen molar-refractivity contribution in [1.82, 2.24) is 5.32 Å². The Bertz CT molecular complexity index is 540. The molecule has 0 aromatic heterocycles. The smallest absolute Gasteiger partial charge is 0.313 e. The zero-order chi connectivity index (χ0) is 15.4. The lowest BCUT2D eigenvalue weighted by atomic mass is 9.86. The first-order valence-electron chi connectivity index (χ1n) is 7.66. The normalized spacial score (nSPS) is 21.7. The maximum Gasteiger partial charge on any atom is 0.313 e. The molecule has 0 heterocycles. The Morgan fingerprint density at radius 1 is 1.10 bits per heavy atom. The topological polar surface area (TPSA) is 58.2 Å². The van der Waals surface area contributed by atoms with E-state index in [1.165, 1.54) is 6.42 Å². The monoisotopic (exact) mass is 288 g/mol. The summed E-state index contributed by atoms with van der Waals surface area (Å²) >= 11 is 0. The van der Waals surface area contributed by atoms with Gasteiger partial charge in [0.2, 0.25) is 0 Å². The van der Waals surface area contributed by atoms with Gasteiger partial charge in [-0.3, -0.25) is 9.59 Å². The van der Waals surface area contributed by atoms with Gasteiger partial charge >= 0.3 is 11.8 Å². The second-order valence-electron chi connectivity index (χ2n) is 6.11. The van der Waals surface area contributed by atoms with Crippen molar-refractivity contribution in [2.24, 2.45) is 5.92 Å². The Kier molecular flexibility index (Phi) is 4.99. The molecule has 2 rings (SSSR count). The van der Waals surface area contributed by atoms with Crippen molar-refractivity contribution in [3.63, 3.8) is 0 Å². The summed E-state index contributed by atoms with van der Waals surface area (Å²) in [6, 6.07) is 5.86. The van der Waals surface area contributed by atoms with E-state index in [4.69, 9.17) is 0 Å². The van der Waals surface area contributed by atoms with Gasteiger partial charge in [-0.1, -0.05) is 37.5 Å². The van der Waals surface area contributed by atoms with E-state index >= 15 is 0 Å². The number of hydrogen-bond donors (Lipinski definition) is 2. The van der Waals surface area contributed by atoms with Gasteiger partial charge in [0.1, 0.15) is 0 Å². The summed E-state index contributed by atoms with van der Waals surface area (Å²) in [4.78, 5) is 24.0. The van der Waals surface area contributed by atoms with Gasteiger partial charge in [0.25, 0.3) is 0 Å². The van der Waals surface area contributed by atoms with Crippen molar-refractivity contribution in [3.05, 3.63) is 29.3 Å². The number of carbonyl (C=O) groups is 2. The Morgan fingerprint density at radius 3 is 2.48 bits per heavy atom. The molecule has 1 aliphatic rings. The van der Waals surface area contributed by atoms with Crippen LogP contribution in [0.3, 0.4) is 0 Å². The van der Waals surface area contributed by atoms with E-state index in [1.54, 1.807) is 0 Å². The minimum atomic E-state index is -0.584. The van der Waals surface area contributed by atoms with Crippen LogP contribution in [0.25, 0.3) is 0 Å². The minimum absolute atomic E-state index is 0.121. The molecule has 1 saturated carbocycles. The van der Waals surface area contributed by atoms with Gasteiger partial charge in [0.05, 0.1) is 0 Å². The third-order valence-corrected chi connectivity index (χ3v) is 4.26. The summed E-state index contributed by atoms with van der Waals surface area (Å²) in [5.74, 6) is -0.676. The van der Waals surface area contributed by atoms with Crippen LogP contribution in [0.1, 0.15) is 43.7 Å². The van der Waals surface area contributed by atoms with E-state index in [2.05, 4.69) is 17.6 Å². The van der Waals surface area contributed by atoms with Gasteiger partial charge in [-0.25, -0.2) is 0 Å². The predicted molar refractivity (Wildman–Crippen MR) is 84.1 cm³/mol. The van der Waals surface area contributed by atoms with Gasteiger partial charge in [-0.2, -0.15) is 0 Å². The van der Waals surface area contributed by atoms with E-state index in [9.17, 15) is 9.59 Å². The second-order valence-corrected chi connectivity index (χ2v) is 6.11. The number of benzene rings is 1. The molecule has 1 aromatic rings. The van der Waals surface area contributed by atoms with Crippen LogP contribution in [0.2, 0.25) is 0 Å². The molecule has 1 aromatic carbocycles. The molecule has 0 bridgehead atoms. The molecule has 1 fully saturated rings. The lowest BCUT2D eigenvalue weighted by Gasteiger charge is -2.29.